The SMILES string of the molecule is Cc1cnc(C(=O)NCc2ccc(S(C)(=O)=O)cc2)o1. The number of hydrogen-bond acceptors (Lipinski definition) is 5. The first-order valence-corrected chi connectivity index (χ1v) is 7.75. The maximum atomic E-state index is 11.7. The van der Waals surface area contributed by atoms with E-state index in [1.165, 1.54) is 18.3 Å². The normalized spacial score (nSPS) is 11.3. The van der Waals surface area contributed by atoms with Crippen LogP contribution < -0.4 is 5.32 Å². The topological polar surface area (TPSA) is 89.3 Å². The smallest absolute Gasteiger partial charge is 0.307 e. The molecule has 0 radical (unpaired) electrons. The lowest BCUT2D eigenvalue weighted by Gasteiger charge is -2.04. The van der Waals surface area contributed by atoms with Crippen molar-refractivity contribution in [1.82, 2.24) is 10.3 Å². The molecule has 0 aliphatic heterocycles. The molecule has 0 atom stereocenters. The van der Waals surface area contributed by atoms with Crippen LogP contribution >= 0.6 is 0 Å². The minimum Gasteiger partial charge on any atom is -0.438 e. The summed E-state index contributed by atoms with van der Waals surface area (Å²) in [5.41, 5.74) is 0.786. The van der Waals surface area contributed by atoms with Crippen LogP contribution in [0.15, 0.2) is 39.8 Å². The average Bonchev–Trinajstić information content (AvgIpc) is 2.82. The van der Waals surface area contributed by atoms with E-state index < -0.39 is 15.7 Å². The molecular weight excluding hydrogens is 280 g/mol. The Morgan fingerprint density at radius 3 is 2.45 bits per heavy atom. The Hall–Kier alpha value is -2.15. The van der Waals surface area contributed by atoms with E-state index in [0.717, 1.165) is 11.8 Å². The predicted octanol–water partition coefficient (Wildman–Crippen LogP) is 1.32. The zero-order valence-electron chi connectivity index (χ0n) is 11.1. The van der Waals surface area contributed by atoms with Crippen molar-refractivity contribution in [2.45, 2.75) is 18.4 Å². The third kappa shape index (κ3) is 3.45. The van der Waals surface area contributed by atoms with Gasteiger partial charge < -0.3 is 9.73 Å². The van der Waals surface area contributed by atoms with Crippen molar-refractivity contribution < 1.29 is 17.6 Å². The summed E-state index contributed by atoms with van der Waals surface area (Å²) in [4.78, 5) is 15.8. The second-order valence-corrected chi connectivity index (χ2v) is 6.39. The quantitative estimate of drug-likeness (QED) is 0.918. The van der Waals surface area contributed by atoms with Gasteiger partial charge in [0, 0.05) is 12.8 Å². The van der Waals surface area contributed by atoms with Gasteiger partial charge in [-0.1, -0.05) is 12.1 Å². The summed E-state index contributed by atoms with van der Waals surface area (Å²) in [5, 5.41) is 2.64. The molecule has 1 aromatic heterocycles. The molecule has 2 rings (SSSR count). The molecule has 1 N–H and O–H groups in total. The molecule has 0 saturated heterocycles. The minimum atomic E-state index is -3.20. The Morgan fingerprint density at radius 1 is 1.30 bits per heavy atom. The Balaban J connectivity index is 1.99. The Kier molecular flexibility index (Phi) is 3.89. The highest BCUT2D eigenvalue weighted by molar-refractivity contribution is 7.90. The predicted molar refractivity (Wildman–Crippen MR) is 72.0 cm³/mol. The lowest BCUT2D eigenvalue weighted by atomic mass is 10.2. The number of amides is 1. The Labute approximate surface area is 116 Å². The van der Waals surface area contributed by atoms with E-state index in [1.54, 1.807) is 19.1 Å². The molecule has 2 aromatic rings. The van der Waals surface area contributed by atoms with E-state index in [2.05, 4.69) is 10.3 Å². The number of aromatic nitrogens is 1. The second kappa shape index (κ2) is 5.46. The van der Waals surface area contributed by atoms with Crippen LogP contribution in [0.3, 0.4) is 0 Å². The number of carbonyl (C=O) groups excluding carboxylic acids is 1. The fraction of sp³-hybridized carbons (Fsp3) is 0.231. The molecule has 0 saturated carbocycles. The lowest BCUT2D eigenvalue weighted by molar-refractivity contribution is 0.0915. The first-order chi connectivity index (χ1) is 9.36. The van der Waals surface area contributed by atoms with Crippen molar-refractivity contribution in [2.24, 2.45) is 0 Å². The fourth-order valence-corrected chi connectivity index (χ4v) is 2.20. The average molecular weight is 294 g/mol. The highest BCUT2D eigenvalue weighted by Gasteiger charge is 2.11. The van der Waals surface area contributed by atoms with Crippen molar-refractivity contribution in [3.8, 4) is 0 Å². The van der Waals surface area contributed by atoms with Crippen molar-refractivity contribution in [3.63, 3.8) is 0 Å². The lowest BCUT2D eigenvalue weighted by Crippen LogP contribution is -2.23. The third-order valence-electron chi connectivity index (χ3n) is 2.62. The molecule has 0 aliphatic rings. The molecule has 20 heavy (non-hydrogen) atoms. The van der Waals surface area contributed by atoms with Crippen LogP contribution in [-0.4, -0.2) is 25.6 Å². The third-order valence-corrected chi connectivity index (χ3v) is 3.75. The van der Waals surface area contributed by atoms with Gasteiger partial charge in [-0.2, -0.15) is 0 Å². The highest BCUT2D eigenvalue weighted by atomic mass is 32.2. The number of carbonyl (C=O) groups is 1. The largest absolute Gasteiger partial charge is 0.438 e. The van der Waals surface area contributed by atoms with Gasteiger partial charge in [-0.25, -0.2) is 13.4 Å². The summed E-state index contributed by atoms with van der Waals surface area (Å²) in [7, 11) is -3.20. The van der Waals surface area contributed by atoms with E-state index in [9.17, 15) is 13.2 Å². The number of sulfone groups is 1. The van der Waals surface area contributed by atoms with E-state index in [1.807, 2.05) is 0 Å². The molecule has 0 aliphatic carbocycles. The number of nitrogens with zero attached hydrogens (tertiary/aromatic N) is 1. The highest BCUT2D eigenvalue weighted by Crippen LogP contribution is 2.10. The molecule has 0 spiro atoms. The maximum Gasteiger partial charge on any atom is 0.307 e. The van der Waals surface area contributed by atoms with Crippen LogP contribution in [0.5, 0.6) is 0 Å². The number of nitrogens with one attached hydrogen (secondary N) is 1. The summed E-state index contributed by atoms with van der Waals surface area (Å²) in [6, 6.07) is 6.31. The van der Waals surface area contributed by atoms with Gasteiger partial charge in [-0.3, -0.25) is 4.79 Å². The molecule has 106 valence electrons. The first kappa shape index (κ1) is 14.3. The molecule has 0 fully saturated rings. The minimum absolute atomic E-state index is 0.00950. The van der Waals surface area contributed by atoms with Crippen molar-refractivity contribution >= 4 is 15.7 Å². The van der Waals surface area contributed by atoms with E-state index in [-0.39, 0.29) is 17.3 Å². The van der Waals surface area contributed by atoms with Crippen LogP contribution in [0.4, 0.5) is 0 Å². The number of rotatable bonds is 4. The zero-order valence-corrected chi connectivity index (χ0v) is 11.9. The molecule has 6 nitrogen and oxygen atoms in total. The van der Waals surface area contributed by atoms with Gasteiger partial charge in [0.2, 0.25) is 0 Å². The van der Waals surface area contributed by atoms with Crippen LogP contribution in [-0.2, 0) is 16.4 Å². The van der Waals surface area contributed by atoms with Crippen molar-refractivity contribution in [1.29, 1.82) is 0 Å². The van der Waals surface area contributed by atoms with Gasteiger partial charge in [0.05, 0.1) is 11.1 Å². The number of oxazole rings is 1. The summed E-state index contributed by atoms with van der Waals surface area (Å²) in [6.45, 7) is 1.97. The maximum absolute atomic E-state index is 11.7. The number of aryl methyl sites for hydroxylation is 1. The van der Waals surface area contributed by atoms with Gasteiger partial charge in [0.15, 0.2) is 9.84 Å². The molecule has 1 amide bonds. The molecule has 0 unspecified atom stereocenters. The fourth-order valence-electron chi connectivity index (χ4n) is 1.57. The molecular formula is C13H14N2O4S. The molecule has 7 heteroatoms. The van der Waals surface area contributed by atoms with Crippen LogP contribution in [0.1, 0.15) is 22.0 Å². The zero-order chi connectivity index (χ0) is 14.8. The van der Waals surface area contributed by atoms with Crippen molar-refractivity contribution in [3.05, 3.63) is 47.7 Å². The first-order valence-electron chi connectivity index (χ1n) is 5.86. The van der Waals surface area contributed by atoms with E-state index in [4.69, 9.17) is 4.42 Å². The van der Waals surface area contributed by atoms with E-state index >= 15 is 0 Å². The standard InChI is InChI=1S/C13H14N2O4S/c1-9-7-15-13(19-9)12(16)14-8-10-3-5-11(6-4-10)20(2,17)18/h3-7H,8H2,1-2H3,(H,14,16). The van der Waals surface area contributed by atoms with Crippen molar-refractivity contribution in [2.75, 3.05) is 6.26 Å². The van der Waals surface area contributed by atoms with Gasteiger partial charge >= 0.3 is 5.91 Å². The summed E-state index contributed by atoms with van der Waals surface area (Å²) in [5.74, 6) is 0.160. The monoisotopic (exact) mass is 294 g/mol. The Bertz CT molecular complexity index is 717. The second-order valence-electron chi connectivity index (χ2n) is 4.37. The van der Waals surface area contributed by atoms with E-state index in [0.29, 0.717) is 5.76 Å². The molecule has 1 aromatic carbocycles. The van der Waals surface area contributed by atoms with Gasteiger partial charge in [-0.05, 0) is 24.6 Å². The summed E-state index contributed by atoms with van der Waals surface area (Å²) >= 11 is 0. The van der Waals surface area contributed by atoms with Crippen LogP contribution in [0, 0.1) is 6.92 Å². The Morgan fingerprint density at radius 2 is 1.95 bits per heavy atom. The van der Waals surface area contributed by atoms with Gasteiger partial charge in [-0.15, -0.1) is 0 Å². The molecule has 1 heterocycles. The van der Waals surface area contributed by atoms with Gasteiger partial charge in [0.1, 0.15) is 5.76 Å². The van der Waals surface area contributed by atoms with Gasteiger partial charge in [0.25, 0.3) is 5.89 Å². The van der Waals surface area contributed by atoms with Crippen LogP contribution in [0.25, 0.3) is 0 Å². The summed E-state index contributed by atoms with van der Waals surface area (Å²) in [6.07, 6.45) is 2.62. The van der Waals surface area contributed by atoms with Crippen LogP contribution in [0.2, 0.25) is 0 Å². The number of benzene rings is 1. The summed E-state index contributed by atoms with van der Waals surface area (Å²) < 4.78 is 27.7. The molecule has 0 bridgehead atoms. The number of hydrogen-bond donors (Lipinski definition) is 1.